The van der Waals surface area contributed by atoms with Crippen LogP contribution in [0.4, 0.5) is 10.1 Å². The third-order valence-electron chi connectivity index (χ3n) is 2.04. The summed E-state index contributed by atoms with van der Waals surface area (Å²) in [5, 5.41) is 5.63. The van der Waals surface area contributed by atoms with Gasteiger partial charge in [-0.15, -0.1) is 6.58 Å². The molecule has 0 heterocycles. The second kappa shape index (κ2) is 5.90. The molecule has 1 atom stereocenters. The molecule has 86 valence electrons. The van der Waals surface area contributed by atoms with Gasteiger partial charge in [-0.25, -0.2) is 4.39 Å². The van der Waals surface area contributed by atoms with Crippen molar-refractivity contribution >= 4 is 11.6 Å². The summed E-state index contributed by atoms with van der Waals surface area (Å²) in [7, 11) is 0. The molecule has 1 aromatic carbocycles. The summed E-state index contributed by atoms with van der Waals surface area (Å²) in [6.45, 7) is 5.69. The van der Waals surface area contributed by atoms with Crippen LogP contribution in [0.25, 0.3) is 0 Å². The fraction of sp³-hybridized carbons (Fsp3) is 0.250. The number of hydrogen-bond donors (Lipinski definition) is 2. The number of carbonyl (C=O) groups is 1. The van der Waals surface area contributed by atoms with Crippen molar-refractivity contribution < 1.29 is 9.18 Å². The van der Waals surface area contributed by atoms with Crippen molar-refractivity contribution in [2.24, 2.45) is 0 Å². The summed E-state index contributed by atoms with van der Waals surface area (Å²) >= 11 is 0. The predicted molar refractivity (Wildman–Crippen MR) is 62.7 cm³/mol. The average molecular weight is 222 g/mol. The minimum Gasteiger partial charge on any atom is -0.374 e. The van der Waals surface area contributed by atoms with Gasteiger partial charge in [0.2, 0.25) is 5.91 Å². The Morgan fingerprint density at radius 1 is 1.50 bits per heavy atom. The van der Waals surface area contributed by atoms with E-state index in [1.54, 1.807) is 25.1 Å². The molecule has 1 unspecified atom stereocenters. The molecule has 16 heavy (non-hydrogen) atoms. The van der Waals surface area contributed by atoms with Gasteiger partial charge >= 0.3 is 0 Å². The van der Waals surface area contributed by atoms with Gasteiger partial charge in [0.1, 0.15) is 11.9 Å². The highest BCUT2D eigenvalue weighted by Crippen LogP contribution is 2.09. The molecule has 0 aliphatic carbocycles. The molecule has 0 fully saturated rings. The standard InChI is InChI=1S/C12H15FN2O/c1-3-8-14-12(16)9(2)15-11-6-4-10(13)5-7-11/h3-7,9,15H,1,8H2,2H3,(H,14,16). The van der Waals surface area contributed by atoms with Gasteiger partial charge in [0.05, 0.1) is 0 Å². The first-order chi connectivity index (χ1) is 7.63. The Morgan fingerprint density at radius 2 is 2.12 bits per heavy atom. The van der Waals surface area contributed by atoms with E-state index in [1.165, 1.54) is 12.1 Å². The van der Waals surface area contributed by atoms with Gasteiger partial charge in [-0.3, -0.25) is 4.79 Å². The van der Waals surface area contributed by atoms with E-state index in [1.807, 2.05) is 0 Å². The van der Waals surface area contributed by atoms with Crippen LogP contribution in [0.15, 0.2) is 36.9 Å². The number of rotatable bonds is 5. The summed E-state index contributed by atoms with van der Waals surface area (Å²) in [5.74, 6) is -0.418. The number of nitrogens with one attached hydrogen (secondary N) is 2. The van der Waals surface area contributed by atoms with Crippen molar-refractivity contribution in [2.75, 3.05) is 11.9 Å². The second-order valence-corrected chi connectivity index (χ2v) is 3.41. The van der Waals surface area contributed by atoms with Crippen LogP contribution in [0, 0.1) is 5.82 Å². The minimum absolute atomic E-state index is 0.121. The predicted octanol–water partition coefficient (Wildman–Crippen LogP) is 1.93. The number of hydrogen-bond acceptors (Lipinski definition) is 2. The Balaban J connectivity index is 2.50. The van der Waals surface area contributed by atoms with Crippen LogP contribution >= 0.6 is 0 Å². The molecule has 3 nitrogen and oxygen atoms in total. The summed E-state index contributed by atoms with van der Waals surface area (Å²) < 4.78 is 12.6. The number of halogens is 1. The van der Waals surface area contributed by atoms with E-state index >= 15 is 0 Å². The topological polar surface area (TPSA) is 41.1 Å². The Bertz CT molecular complexity index is 362. The van der Waals surface area contributed by atoms with Gasteiger partial charge < -0.3 is 10.6 Å². The van der Waals surface area contributed by atoms with E-state index in [0.29, 0.717) is 12.2 Å². The zero-order chi connectivity index (χ0) is 12.0. The van der Waals surface area contributed by atoms with Crippen LogP contribution in [0.1, 0.15) is 6.92 Å². The largest absolute Gasteiger partial charge is 0.374 e. The van der Waals surface area contributed by atoms with Crippen molar-refractivity contribution in [3.8, 4) is 0 Å². The lowest BCUT2D eigenvalue weighted by molar-refractivity contribution is -0.121. The van der Waals surface area contributed by atoms with Gasteiger partial charge in [0.25, 0.3) is 0 Å². The first-order valence-corrected chi connectivity index (χ1v) is 5.04. The Labute approximate surface area is 94.4 Å². The summed E-state index contributed by atoms with van der Waals surface area (Å²) in [6.07, 6.45) is 1.61. The Hall–Kier alpha value is -1.84. The zero-order valence-corrected chi connectivity index (χ0v) is 9.16. The van der Waals surface area contributed by atoms with Crippen molar-refractivity contribution in [3.05, 3.63) is 42.7 Å². The number of benzene rings is 1. The van der Waals surface area contributed by atoms with Crippen LogP contribution in [0.5, 0.6) is 0 Å². The van der Waals surface area contributed by atoms with Crippen molar-refractivity contribution in [1.29, 1.82) is 0 Å². The fourth-order valence-electron chi connectivity index (χ4n) is 1.19. The van der Waals surface area contributed by atoms with Crippen LogP contribution in [-0.4, -0.2) is 18.5 Å². The molecule has 0 aliphatic heterocycles. The van der Waals surface area contributed by atoms with E-state index in [-0.39, 0.29) is 17.8 Å². The Morgan fingerprint density at radius 3 is 2.69 bits per heavy atom. The smallest absolute Gasteiger partial charge is 0.242 e. The van der Waals surface area contributed by atoms with E-state index in [9.17, 15) is 9.18 Å². The second-order valence-electron chi connectivity index (χ2n) is 3.41. The highest BCUT2D eigenvalue weighted by Gasteiger charge is 2.10. The van der Waals surface area contributed by atoms with Crippen LogP contribution in [-0.2, 0) is 4.79 Å². The maximum atomic E-state index is 12.6. The molecular weight excluding hydrogens is 207 g/mol. The molecule has 2 N–H and O–H groups in total. The van der Waals surface area contributed by atoms with Crippen molar-refractivity contribution in [3.63, 3.8) is 0 Å². The summed E-state index contributed by atoms with van der Waals surface area (Å²) in [6, 6.07) is 5.50. The fourth-order valence-corrected chi connectivity index (χ4v) is 1.19. The molecule has 1 aromatic rings. The van der Waals surface area contributed by atoms with Gasteiger partial charge in [-0.05, 0) is 31.2 Å². The lowest BCUT2D eigenvalue weighted by Gasteiger charge is -2.14. The Kier molecular flexibility index (Phi) is 4.51. The van der Waals surface area contributed by atoms with Gasteiger partial charge in [0, 0.05) is 12.2 Å². The van der Waals surface area contributed by atoms with E-state index in [4.69, 9.17) is 0 Å². The molecule has 0 spiro atoms. The van der Waals surface area contributed by atoms with E-state index in [2.05, 4.69) is 17.2 Å². The maximum absolute atomic E-state index is 12.6. The molecule has 0 radical (unpaired) electrons. The molecule has 1 rings (SSSR count). The quantitative estimate of drug-likeness (QED) is 0.747. The maximum Gasteiger partial charge on any atom is 0.242 e. The zero-order valence-electron chi connectivity index (χ0n) is 9.16. The van der Waals surface area contributed by atoms with Crippen molar-refractivity contribution in [2.45, 2.75) is 13.0 Å². The SMILES string of the molecule is C=CCNC(=O)C(C)Nc1ccc(F)cc1. The van der Waals surface area contributed by atoms with E-state index < -0.39 is 0 Å². The third kappa shape index (κ3) is 3.73. The third-order valence-corrected chi connectivity index (χ3v) is 2.04. The molecule has 0 aromatic heterocycles. The number of anilines is 1. The average Bonchev–Trinajstić information content (AvgIpc) is 2.29. The van der Waals surface area contributed by atoms with Gasteiger partial charge in [0.15, 0.2) is 0 Å². The molecule has 0 bridgehead atoms. The summed E-state index contributed by atoms with van der Waals surface area (Å²) in [5.41, 5.74) is 0.711. The highest BCUT2D eigenvalue weighted by molar-refractivity contribution is 5.84. The van der Waals surface area contributed by atoms with Crippen LogP contribution in [0.3, 0.4) is 0 Å². The minimum atomic E-state index is -0.370. The monoisotopic (exact) mass is 222 g/mol. The van der Waals surface area contributed by atoms with Crippen LogP contribution in [0.2, 0.25) is 0 Å². The van der Waals surface area contributed by atoms with E-state index in [0.717, 1.165) is 0 Å². The normalized spacial score (nSPS) is 11.6. The van der Waals surface area contributed by atoms with Crippen LogP contribution < -0.4 is 10.6 Å². The molecular formula is C12H15FN2O. The lowest BCUT2D eigenvalue weighted by Crippen LogP contribution is -2.37. The highest BCUT2D eigenvalue weighted by atomic mass is 19.1. The number of carbonyl (C=O) groups excluding carboxylic acids is 1. The van der Waals surface area contributed by atoms with Gasteiger partial charge in [-0.2, -0.15) is 0 Å². The first kappa shape index (κ1) is 12.2. The number of amides is 1. The van der Waals surface area contributed by atoms with Gasteiger partial charge in [-0.1, -0.05) is 6.08 Å². The lowest BCUT2D eigenvalue weighted by atomic mass is 10.2. The van der Waals surface area contributed by atoms with Crippen molar-refractivity contribution in [1.82, 2.24) is 5.32 Å². The molecule has 0 aliphatic rings. The first-order valence-electron chi connectivity index (χ1n) is 5.04. The molecule has 0 saturated carbocycles. The molecule has 4 heteroatoms. The summed E-state index contributed by atoms with van der Waals surface area (Å²) in [4.78, 5) is 11.5. The molecule has 1 amide bonds. The molecule has 0 saturated heterocycles.